The first-order chi connectivity index (χ1) is 11.7. The number of thioether (sulfide) groups is 1. The predicted molar refractivity (Wildman–Crippen MR) is 95.8 cm³/mol. The molecule has 1 heterocycles. The molecule has 1 aromatic carbocycles. The standard InChI is InChI=1S/C16H22N6O2S/c1-10-7-6-8-11(2)13(10)22-15(19-20-21-22)25-9-12(23)17-14(24)18-16(3,4)5/h6-8H,9H2,1-5H3,(H2,17,18,23,24). The second-order valence-electron chi connectivity index (χ2n) is 6.65. The van der Waals surface area contributed by atoms with Gasteiger partial charge in [-0.3, -0.25) is 10.1 Å². The van der Waals surface area contributed by atoms with E-state index in [9.17, 15) is 9.59 Å². The molecule has 0 atom stereocenters. The van der Waals surface area contributed by atoms with E-state index in [1.165, 1.54) is 11.8 Å². The maximum Gasteiger partial charge on any atom is 0.321 e. The molecule has 0 spiro atoms. The Balaban J connectivity index is 2.03. The van der Waals surface area contributed by atoms with Crippen LogP contribution in [0.5, 0.6) is 0 Å². The number of nitrogens with one attached hydrogen (secondary N) is 2. The van der Waals surface area contributed by atoms with Gasteiger partial charge in [0.25, 0.3) is 0 Å². The van der Waals surface area contributed by atoms with Crippen molar-refractivity contribution in [2.45, 2.75) is 45.3 Å². The smallest absolute Gasteiger partial charge is 0.321 e. The Kier molecular flexibility index (Phi) is 5.78. The molecule has 2 aromatic rings. The first-order valence-electron chi connectivity index (χ1n) is 7.77. The lowest BCUT2D eigenvalue weighted by Crippen LogP contribution is -2.48. The fourth-order valence-corrected chi connectivity index (χ4v) is 2.89. The van der Waals surface area contributed by atoms with Crippen molar-refractivity contribution in [1.82, 2.24) is 30.8 Å². The van der Waals surface area contributed by atoms with E-state index in [1.54, 1.807) is 4.68 Å². The lowest BCUT2D eigenvalue weighted by atomic mass is 10.1. The third kappa shape index (κ3) is 5.28. The van der Waals surface area contributed by atoms with Gasteiger partial charge in [0.2, 0.25) is 11.1 Å². The molecule has 25 heavy (non-hydrogen) atoms. The zero-order valence-corrected chi connectivity index (χ0v) is 15.8. The van der Waals surface area contributed by atoms with Crippen LogP contribution in [-0.4, -0.2) is 43.4 Å². The molecule has 0 saturated heterocycles. The van der Waals surface area contributed by atoms with Gasteiger partial charge >= 0.3 is 6.03 Å². The normalized spacial score (nSPS) is 11.2. The number of benzene rings is 1. The highest BCUT2D eigenvalue weighted by molar-refractivity contribution is 7.99. The minimum atomic E-state index is -0.521. The topological polar surface area (TPSA) is 102 Å². The van der Waals surface area contributed by atoms with Gasteiger partial charge in [-0.15, -0.1) is 5.10 Å². The maximum absolute atomic E-state index is 11.9. The molecule has 0 fully saturated rings. The van der Waals surface area contributed by atoms with Gasteiger partial charge < -0.3 is 5.32 Å². The number of aromatic nitrogens is 4. The van der Waals surface area contributed by atoms with Crippen molar-refractivity contribution in [2.24, 2.45) is 0 Å². The molecule has 9 heteroatoms. The molecule has 3 amide bonds. The van der Waals surface area contributed by atoms with Crippen LogP contribution >= 0.6 is 11.8 Å². The zero-order valence-electron chi connectivity index (χ0n) is 15.0. The summed E-state index contributed by atoms with van der Waals surface area (Å²) in [5.74, 6) is -0.383. The van der Waals surface area contributed by atoms with Crippen molar-refractivity contribution in [3.8, 4) is 5.69 Å². The van der Waals surface area contributed by atoms with Crippen molar-refractivity contribution in [3.63, 3.8) is 0 Å². The van der Waals surface area contributed by atoms with Gasteiger partial charge in [-0.2, -0.15) is 4.68 Å². The molecule has 2 N–H and O–H groups in total. The average molecular weight is 362 g/mol. The van der Waals surface area contributed by atoms with Crippen molar-refractivity contribution < 1.29 is 9.59 Å². The minimum absolute atomic E-state index is 0.0306. The maximum atomic E-state index is 11.9. The monoisotopic (exact) mass is 362 g/mol. The molecule has 0 aliphatic rings. The number of hydrogen-bond donors (Lipinski definition) is 2. The molecule has 8 nitrogen and oxygen atoms in total. The van der Waals surface area contributed by atoms with Gasteiger partial charge in [0, 0.05) is 5.54 Å². The lowest BCUT2D eigenvalue weighted by molar-refractivity contribution is -0.117. The fraction of sp³-hybridized carbons (Fsp3) is 0.438. The molecule has 2 rings (SSSR count). The molecule has 0 radical (unpaired) electrons. The molecule has 0 aliphatic heterocycles. The van der Waals surface area contributed by atoms with Crippen LogP contribution in [0.2, 0.25) is 0 Å². The fourth-order valence-electron chi connectivity index (χ4n) is 2.21. The first kappa shape index (κ1) is 18.9. The summed E-state index contributed by atoms with van der Waals surface area (Å²) < 4.78 is 1.61. The van der Waals surface area contributed by atoms with Crippen molar-refractivity contribution in [2.75, 3.05) is 5.75 Å². The van der Waals surface area contributed by atoms with Gasteiger partial charge in [-0.1, -0.05) is 30.0 Å². The summed E-state index contributed by atoms with van der Waals surface area (Å²) in [6.07, 6.45) is 0. The quantitative estimate of drug-likeness (QED) is 0.807. The van der Waals surface area contributed by atoms with Crippen LogP contribution in [0.25, 0.3) is 5.69 Å². The number of rotatable bonds is 4. The number of hydrogen-bond acceptors (Lipinski definition) is 6. The SMILES string of the molecule is Cc1cccc(C)c1-n1nnnc1SCC(=O)NC(=O)NC(C)(C)C. The summed E-state index contributed by atoms with van der Waals surface area (Å²) in [5.41, 5.74) is 2.54. The summed E-state index contributed by atoms with van der Waals surface area (Å²) in [7, 11) is 0. The van der Waals surface area contributed by atoms with Crippen LogP contribution in [-0.2, 0) is 4.79 Å². The van der Waals surface area contributed by atoms with E-state index >= 15 is 0 Å². The summed E-state index contributed by atoms with van der Waals surface area (Å²) in [6, 6.07) is 5.39. The third-order valence-corrected chi connectivity index (χ3v) is 4.09. The Labute approximate surface area is 150 Å². The van der Waals surface area contributed by atoms with E-state index in [2.05, 4.69) is 26.2 Å². The molecule has 0 unspecified atom stereocenters. The van der Waals surface area contributed by atoms with E-state index in [1.807, 2.05) is 52.8 Å². The molecular weight excluding hydrogens is 340 g/mol. The number of tetrazole rings is 1. The van der Waals surface area contributed by atoms with E-state index in [0.717, 1.165) is 16.8 Å². The summed E-state index contributed by atoms with van der Waals surface area (Å²) in [5, 5.41) is 17.1. The Bertz CT molecular complexity index is 761. The Morgan fingerprint density at radius 1 is 1.20 bits per heavy atom. The lowest BCUT2D eigenvalue weighted by Gasteiger charge is -2.20. The second-order valence-corrected chi connectivity index (χ2v) is 7.60. The highest BCUT2D eigenvalue weighted by Gasteiger charge is 2.18. The summed E-state index contributed by atoms with van der Waals surface area (Å²) in [4.78, 5) is 23.7. The highest BCUT2D eigenvalue weighted by Crippen LogP contribution is 2.23. The Hall–Kier alpha value is -2.42. The van der Waals surface area contributed by atoms with Crippen LogP contribution < -0.4 is 10.6 Å². The van der Waals surface area contributed by atoms with Gasteiger partial charge in [0.1, 0.15) is 0 Å². The number of nitrogens with zero attached hydrogens (tertiary/aromatic N) is 4. The average Bonchev–Trinajstić information content (AvgIpc) is 2.91. The summed E-state index contributed by atoms with van der Waals surface area (Å²) >= 11 is 1.17. The molecule has 0 bridgehead atoms. The predicted octanol–water partition coefficient (Wildman–Crippen LogP) is 2.00. The van der Waals surface area contributed by atoms with E-state index in [4.69, 9.17) is 0 Å². The van der Waals surface area contributed by atoms with Gasteiger partial charge in [-0.05, 0) is 56.2 Å². The number of urea groups is 1. The zero-order chi connectivity index (χ0) is 18.6. The number of aryl methyl sites for hydroxylation is 2. The molecule has 134 valence electrons. The van der Waals surface area contributed by atoms with Crippen molar-refractivity contribution in [3.05, 3.63) is 29.3 Å². The largest absolute Gasteiger partial charge is 0.333 e. The minimum Gasteiger partial charge on any atom is -0.333 e. The van der Waals surface area contributed by atoms with Crippen LogP contribution in [0.15, 0.2) is 23.4 Å². The summed E-state index contributed by atoms with van der Waals surface area (Å²) in [6.45, 7) is 9.46. The molecule has 0 aliphatic carbocycles. The van der Waals surface area contributed by atoms with Gasteiger partial charge in [0.05, 0.1) is 11.4 Å². The third-order valence-electron chi connectivity index (χ3n) is 3.17. The van der Waals surface area contributed by atoms with Crippen LogP contribution in [0.3, 0.4) is 0 Å². The Morgan fingerprint density at radius 3 is 2.44 bits per heavy atom. The number of para-hydroxylation sites is 1. The number of carbonyl (C=O) groups excluding carboxylic acids is 2. The van der Waals surface area contributed by atoms with E-state index < -0.39 is 17.5 Å². The van der Waals surface area contributed by atoms with E-state index in [-0.39, 0.29) is 5.75 Å². The van der Waals surface area contributed by atoms with Crippen LogP contribution in [0.4, 0.5) is 4.79 Å². The van der Waals surface area contributed by atoms with Crippen molar-refractivity contribution >= 4 is 23.7 Å². The number of amides is 3. The molecule has 0 saturated carbocycles. The van der Waals surface area contributed by atoms with Crippen LogP contribution in [0.1, 0.15) is 31.9 Å². The first-order valence-corrected chi connectivity index (χ1v) is 8.76. The van der Waals surface area contributed by atoms with Crippen LogP contribution in [0, 0.1) is 13.8 Å². The Morgan fingerprint density at radius 2 is 1.84 bits per heavy atom. The highest BCUT2D eigenvalue weighted by atomic mass is 32.2. The molecular formula is C16H22N6O2S. The van der Waals surface area contributed by atoms with Crippen molar-refractivity contribution in [1.29, 1.82) is 0 Å². The van der Waals surface area contributed by atoms with E-state index in [0.29, 0.717) is 5.16 Å². The van der Waals surface area contributed by atoms with Gasteiger partial charge in [-0.25, -0.2) is 4.79 Å². The van der Waals surface area contributed by atoms with Gasteiger partial charge in [0.15, 0.2) is 0 Å². The number of imide groups is 1. The number of carbonyl (C=O) groups is 2. The second kappa shape index (κ2) is 7.64. The molecule has 1 aromatic heterocycles.